The molecule has 4 bridgehead atoms. The Morgan fingerprint density at radius 1 is 0.839 bits per heavy atom. The van der Waals surface area contributed by atoms with E-state index in [4.69, 9.17) is 9.16 Å². The molecule has 1 aromatic rings. The molecule has 0 radical (unpaired) electrons. The zero-order valence-corrected chi connectivity index (χ0v) is 21.6. The summed E-state index contributed by atoms with van der Waals surface area (Å²) < 4.78 is 13.0. The monoisotopic (exact) mass is 442 g/mol. The number of methoxy groups -OCH3 is 1. The Hall–Kier alpha value is -1.42. The van der Waals surface area contributed by atoms with Gasteiger partial charge in [0.25, 0.3) is 8.32 Å². The summed E-state index contributed by atoms with van der Waals surface area (Å²) in [6.45, 7) is 13.8. The van der Waals surface area contributed by atoms with Gasteiger partial charge in [0.05, 0.1) is 7.11 Å². The molecular formula is C27H42O3Si. The van der Waals surface area contributed by atoms with Crippen LogP contribution in [0.2, 0.25) is 16.6 Å². The molecule has 0 aliphatic heterocycles. The van der Waals surface area contributed by atoms with E-state index in [0.717, 1.165) is 28.9 Å². The molecule has 5 rings (SSSR count). The van der Waals surface area contributed by atoms with Crippen LogP contribution in [-0.4, -0.2) is 20.5 Å². The van der Waals surface area contributed by atoms with E-state index in [0.29, 0.717) is 28.5 Å². The number of allylic oxidation sites excluding steroid dienone is 1. The molecule has 0 unspecified atom stereocenters. The van der Waals surface area contributed by atoms with Crippen molar-refractivity contribution in [3.05, 3.63) is 29.3 Å². The molecule has 1 N–H and O–H groups in total. The SMILES string of the molecule is COC(=C1C2CC3CC(C2)CC1C3)c1cc(O)cc(O[Si](C(C)C)(C(C)C)C(C)C)c1. The Bertz CT molecular complexity index is 787. The zero-order valence-electron chi connectivity index (χ0n) is 20.6. The fourth-order valence-corrected chi connectivity index (χ4v) is 13.0. The molecule has 1 aromatic carbocycles. The van der Waals surface area contributed by atoms with E-state index in [-0.39, 0.29) is 5.75 Å². The minimum absolute atomic E-state index is 0.269. The minimum Gasteiger partial charge on any atom is -0.543 e. The summed E-state index contributed by atoms with van der Waals surface area (Å²) in [6.07, 6.45) is 6.73. The molecule has 0 atom stereocenters. The van der Waals surface area contributed by atoms with Gasteiger partial charge in [-0.1, -0.05) is 41.5 Å². The Morgan fingerprint density at radius 3 is 1.81 bits per heavy atom. The normalized spacial score (nSPS) is 27.5. The maximum absolute atomic E-state index is 10.7. The summed E-state index contributed by atoms with van der Waals surface area (Å²) in [6, 6.07) is 5.80. The fraction of sp³-hybridized carbons (Fsp3) is 0.704. The maximum atomic E-state index is 10.7. The van der Waals surface area contributed by atoms with Gasteiger partial charge in [0, 0.05) is 11.6 Å². The third-order valence-corrected chi connectivity index (χ3v) is 14.6. The average molecular weight is 443 g/mol. The largest absolute Gasteiger partial charge is 0.543 e. The Kier molecular flexibility index (Phi) is 6.24. The van der Waals surface area contributed by atoms with Crippen LogP contribution >= 0.6 is 0 Å². The number of ether oxygens (including phenoxy) is 1. The molecule has 172 valence electrons. The highest BCUT2D eigenvalue weighted by Crippen LogP contribution is 2.58. The zero-order chi connectivity index (χ0) is 22.5. The topological polar surface area (TPSA) is 38.7 Å². The van der Waals surface area contributed by atoms with Crippen molar-refractivity contribution in [2.24, 2.45) is 23.7 Å². The van der Waals surface area contributed by atoms with Crippen LogP contribution in [0.25, 0.3) is 5.76 Å². The molecule has 31 heavy (non-hydrogen) atoms. The smallest absolute Gasteiger partial charge is 0.258 e. The molecule has 0 amide bonds. The van der Waals surface area contributed by atoms with Crippen molar-refractivity contribution < 1.29 is 14.3 Å². The first-order chi connectivity index (χ1) is 14.6. The van der Waals surface area contributed by atoms with Crippen LogP contribution in [0.5, 0.6) is 11.5 Å². The highest BCUT2D eigenvalue weighted by Gasteiger charge is 2.48. The summed E-state index contributed by atoms with van der Waals surface area (Å²) in [5, 5.41) is 10.7. The van der Waals surface area contributed by atoms with Crippen molar-refractivity contribution in [2.45, 2.75) is 90.3 Å². The minimum atomic E-state index is -2.09. The lowest BCUT2D eigenvalue weighted by molar-refractivity contribution is 0.0675. The number of benzene rings is 1. The molecule has 0 aromatic heterocycles. The van der Waals surface area contributed by atoms with Crippen LogP contribution in [0.15, 0.2) is 23.8 Å². The van der Waals surface area contributed by atoms with Crippen molar-refractivity contribution in [1.82, 2.24) is 0 Å². The summed E-state index contributed by atoms with van der Waals surface area (Å²) in [7, 11) is -0.294. The van der Waals surface area contributed by atoms with Gasteiger partial charge in [-0.2, -0.15) is 0 Å². The molecule has 4 aliphatic rings. The highest BCUT2D eigenvalue weighted by atomic mass is 28.4. The Balaban J connectivity index is 1.74. The van der Waals surface area contributed by atoms with Gasteiger partial charge in [-0.3, -0.25) is 0 Å². The van der Waals surface area contributed by atoms with Crippen LogP contribution in [0.4, 0.5) is 0 Å². The number of hydrogen-bond acceptors (Lipinski definition) is 3. The predicted octanol–water partition coefficient (Wildman–Crippen LogP) is 7.76. The Morgan fingerprint density at radius 2 is 1.35 bits per heavy atom. The first-order valence-electron chi connectivity index (χ1n) is 12.5. The van der Waals surface area contributed by atoms with E-state index in [9.17, 15) is 5.11 Å². The third-order valence-electron chi connectivity index (χ3n) is 8.64. The third kappa shape index (κ3) is 3.94. The number of aromatic hydroxyl groups is 1. The van der Waals surface area contributed by atoms with Crippen molar-refractivity contribution in [2.75, 3.05) is 7.11 Å². The number of hydrogen-bond donors (Lipinski definition) is 1. The lowest BCUT2D eigenvalue weighted by Crippen LogP contribution is -2.50. The Labute approximate surface area is 190 Å². The first kappa shape index (κ1) is 22.8. The predicted molar refractivity (Wildman–Crippen MR) is 131 cm³/mol. The molecule has 0 saturated heterocycles. The second kappa shape index (κ2) is 8.50. The molecular weight excluding hydrogens is 400 g/mol. The molecule has 4 aliphatic carbocycles. The van der Waals surface area contributed by atoms with Crippen LogP contribution in [0.1, 0.15) is 79.2 Å². The average Bonchev–Trinajstić information content (AvgIpc) is 2.67. The van der Waals surface area contributed by atoms with E-state index in [1.54, 1.807) is 13.2 Å². The van der Waals surface area contributed by atoms with E-state index >= 15 is 0 Å². The summed E-state index contributed by atoms with van der Waals surface area (Å²) in [5.41, 5.74) is 3.97. The molecule has 4 heteroatoms. The lowest BCUT2D eigenvalue weighted by Gasteiger charge is -2.51. The molecule has 3 nitrogen and oxygen atoms in total. The second-order valence-electron chi connectivity index (χ2n) is 11.4. The number of rotatable bonds is 7. The summed E-state index contributed by atoms with van der Waals surface area (Å²) >= 11 is 0. The van der Waals surface area contributed by atoms with Gasteiger partial charge in [-0.25, -0.2) is 0 Å². The van der Waals surface area contributed by atoms with E-state index in [1.165, 1.54) is 37.7 Å². The van der Waals surface area contributed by atoms with Crippen molar-refractivity contribution in [3.63, 3.8) is 0 Å². The molecule has 4 fully saturated rings. The van der Waals surface area contributed by atoms with Crippen molar-refractivity contribution in [1.29, 1.82) is 0 Å². The summed E-state index contributed by atoms with van der Waals surface area (Å²) in [4.78, 5) is 0. The van der Waals surface area contributed by atoms with Gasteiger partial charge < -0.3 is 14.3 Å². The standard InChI is InChI=1S/C27H42O3Si/c1-16(2)31(17(3)4,18(5)6)30-25-14-23(13-24(28)15-25)27(29-7)26-21-9-19-8-20(11-21)12-22(26)10-19/h13-22,28H,8-12H2,1-7H3. The van der Waals surface area contributed by atoms with Gasteiger partial charge in [-0.05, 0) is 90.1 Å². The number of phenolic OH excluding ortho intramolecular Hbond substituents is 1. The van der Waals surface area contributed by atoms with Crippen molar-refractivity contribution >= 4 is 14.1 Å². The van der Waals surface area contributed by atoms with Crippen molar-refractivity contribution in [3.8, 4) is 11.5 Å². The van der Waals surface area contributed by atoms with Gasteiger partial charge in [-0.15, -0.1) is 0 Å². The number of phenols is 1. The van der Waals surface area contributed by atoms with Gasteiger partial charge in [0.15, 0.2) is 0 Å². The molecule has 0 spiro atoms. The van der Waals surface area contributed by atoms with Crippen LogP contribution in [0.3, 0.4) is 0 Å². The quantitative estimate of drug-likeness (QED) is 0.346. The summed E-state index contributed by atoms with van der Waals surface area (Å²) in [5.74, 6) is 5.23. The van der Waals surface area contributed by atoms with Gasteiger partial charge in [0.1, 0.15) is 17.3 Å². The maximum Gasteiger partial charge on any atom is 0.258 e. The van der Waals surface area contributed by atoms with E-state index in [1.807, 2.05) is 6.07 Å². The van der Waals surface area contributed by atoms with Crippen LogP contribution in [0, 0.1) is 23.7 Å². The van der Waals surface area contributed by atoms with Gasteiger partial charge >= 0.3 is 0 Å². The van der Waals surface area contributed by atoms with Gasteiger partial charge in [0.2, 0.25) is 0 Å². The fourth-order valence-electron chi connectivity index (χ4n) is 7.80. The van der Waals surface area contributed by atoms with E-state index in [2.05, 4.69) is 47.6 Å². The highest BCUT2D eigenvalue weighted by molar-refractivity contribution is 6.78. The molecule has 0 heterocycles. The van der Waals surface area contributed by atoms with E-state index < -0.39 is 8.32 Å². The molecule has 4 saturated carbocycles. The lowest BCUT2D eigenvalue weighted by atomic mass is 9.54. The first-order valence-corrected chi connectivity index (χ1v) is 14.6. The van der Waals surface area contributed by atoms with Crippen LogP contribution < -0.4 is 4.43 Å². The second-order valence-corrected chi connectivity index (χ2v) is 16.8. The van der Waals surface area contributed by atoms with Crippen LogP contribution in [-0.2, 0) is 4.74 Å².